The van der Waals surface area contributed by atoms with E-state index in [4.69, 9.17) is 10.00 Å². The molecule has 1 aliphatic carbocycles. The first-order valence-corrected chi connectivity index (χ1v) is 9.30. The van der Waals surface area contributed by atoms with Crippen LogP contribution in [0, 0.1) is 11.3 Å². The normalized spacial score (nSPS) is 19.1. The van der Waals surface area contributed by atoms with E-state index in [0.717, 1.165) is 36.7 Å². The molecule has 1 aliphatic rings. The van der Waals surface area contributed by atoms with Gasteiger partial charge in [-0.25, -0.2) is 15.0 Å². The van der Waals surface area contributed by atoms with Crippen molar-refractivity contribution < 1.29 is 9.53 Å². The Morgan fingerprint density at radius 3 is 2.79 bits per heavy atom. The van der Waals surface area contributed by atoms with E-state index >= 15 is 0 Å². The number of rotatable bonds is 5. The van der Waals surface area contributed by atoms with Gasteiger partial charge < -0.3 is 14.6 Å². The number of benzene rings is 1. The van der Waals surface area contributed by atoms with Crippen LogP contribution in [-0.2, 0) is 11.3 Å². The molecule has 2 aromatic heterocycles. The third-order valence-corrected chi connectivity index (χ3v) is 4.93. The Bertz CT molecular complexity index is 1020. The van der Waals surface area contributed by atoms with Gasteiger partial charge in [0.25, 0.3) is 5.88 Å². The van der Waals surface area contributed by atoms with Crippen molar-refractivity contribution in [2.45, 2.75) is 44.4 Å². The van der Waals surface area contributed by atoms with Gasteiger partial charge in [-0.05, 0) is 37.8 Å². The summed E-state index contributed by atoms with van der Waals surface area (Å²) in [5, 5.41) is 12.2. The van der Waals surface area contributed by atoms with E-state index in [-0.39, 0.29) is 36.2 Å². The predicted octanol–water partition coefficient (Wildman–Crippen LogP) is 2.20. The van der Waals surface area contributed by atoms with Crippen LogP contribution in [0.2, 0.25) is 0 Å². The standard InChI is InChI=1S/C20H20N6O2/c21-11-17-20(23-10-9-22-17)28-15-7-5-14(6-8-15)25-19(27)12-26-13-24-16-3-1-2-4-18(16)26/h1-4,9-10,13-15H,5-8,12H2,(H,25,27). The van der Waals surface area contributed by atoms with Gasteiger partial charge in [-0.1, -0.05) is 12.1 Å². The number of nitriles is 1. The van der Waals surface area contributed by atoms with Crippen molar-refractivity contribution in [1.82, 2.24) is 24.8 Å². The SMILES string of the molecule is N#Cc1nccnc1OC1CCC(NC(=O)Cn2cnc3ccccc32)CC1. The zero-order chi connectivity index (χ0) is 19.3. The molecule has 0 radical (unpaired) electrons. The first-order valence-electron chi connectivity index (χ1n) is 9.30. The summed E-state index contributed by atoms with van der Waals surface area (Å²) in [5.41, 5.74) is 2.03. The number of hydrogen-bond donors (Lipinski definition) is 1. The third-order valence-electron chi connectivity index (χ3n) is 4.93. The van der Waals surface area contributed by atoms with Crippen LogP contribution in [0.4, 0.5) is 0 Å². The molecule has 0 aliphatic heterocycles. The van der Waals surface area contributed by atoms with Crippen LogP contribution in [0.3, 0.4) is 0 Å². The molecule has 0 spiro atoms. The minimum Gasteiger partial charge on any atom is -0.472 e. The number of ether oxygens (including phenoxy) is 1. The van der Waals surface area contributed by atoms with Gasteiger partial charge in [-0.2, -0.15) is 5.26 Å². The molecular weight excluding hydrogens is 356 g/mol. The zero-order valence-corrected chi connectivity index (χ0v) is 15.3. The van der Waals surface area contributed by atoms with Gasteiger partial charge in [0.15, 0.2) is 0 Å². The Morgan fingerprint density at radius 2 is 1.96 bits per heavy atom. The predicted molar refractivity (Wildman–Crippen MR) is 101 cm³/mol. The smallest absolute Gasteiger partial charge is 0.251 e. The molecule has 1 aromatic carbocycles. The molecule has 0 bridgehead atoms. The minimum atomic E-state index is -0.0202. The number of hydrogen-bond acceptors (Lipinski definition) is 6. The molecule has 2 heterocycles. The molecule has 8 heteroatoms. The van der Waals surface area contributed by atoms with Crippen molar-refractivity contribution in [2.75, 3.05) is 0 Å². The lowest BCUT2D eigenvalue weighted by Gasteiger charge is -2.29. The second kappa shape index (κ2) is 8.05. The van der Waals surface area contributed by atoms with Crippen LogP contribution in [0.1, 0.15) is 31.4 Å². The molecule has 4 rings (SSSR count). The second-order valence-corrected chi connectivity index (χ2v) is 6.84. The lowest BCUT2D eigenvalue weighted by molar-refractivity contribution is -0.122. The van der Waals surface area contributed by atoms with Crippen molar-refractivity contribution in [3.05, 3.63) is 48.7 Å². The summed E-state index contributed by atoms with van der Waals surface area (Å²) in [7, 11) is 0. The van der Waals surface area contributed by atoms with Crippen LogP contribution in [0.5, 0.6) is 5.88 Å². The Labute approximate surface area is 162 Å². The molecule has 1 fully saturated rings. The Kier molecular flexibility index (Phi) is 5.15. The van der Waals surface area contributed by atoms with E-state index in [0.29, 0.717) is 0 Å². The molecule has 0 unspecified atom stereocenters. The molecule has 142 valence electrons. The highest BCUT2D eigenvalue weighted by Gasteiger charge is 2.25. The van der Waals surface area contributed by atoms with Gasteiger partial charge >= 0.3 is 0 Å². The summed E-state index contributed by atoms with van der Waals surface area (Å²) < 4.78 is 7.70. The fourth-order valence-electron chi connectivity index (χ4n) is 3.54. The van der Waals surface area contributed by atoms with Crippen LogP contribution in [0.25, 0.3) is 11.0 Å². The third kappa shape index (κ3) is 3.93. The largest absolute Gasteiger partial charge is 0.472 e. The maximum atomic E-state index is 12.4. The number of carbonyl (C=O) groups is 1. The quantitative estimate of drug-likeness (QED) is 0.732. The second-order valence-electron chi connectivity index (χ2n) is 6.84. The van der Waals surface area contributed by atoms with E-state index in [1.807, 2.05) is 34.9 Å². The lowest BCUT2D eigenvalue weighted by atomic mass is 9.93. The van der Waals surface area contributed by atoms with E-state index in [2.05, 4.69) is 20.3 Å². The summed E-state index contributed by atoms with van der Waals surface area (Å²) >= 11 is 0. The highest BCUT2D eigenvalue weighted by molar-refractivity contribution is 5.80. The summed E-state index contributed by atoms with van der Waals surface area (Å²) in [6.45, 7) is 0.252. The number of nitrogens with one attached hydrogen (secondary N) is 1. The Morgan fingerprint density at radius 1 is 1.18 bits per heavy atom. The molecule has 8 nitrogen and oxygen atoms in total. The van der Waals surface area contributed by atoms with Crippen molar-refractivity contribution >= 4 is 16.9 Å². The Balaban J connectivity index is 1.28. The molecule has 0 atom stereocenters. The number of amides is 1. The van der Waals surface area contributed by atoms with E-state index < -0.39 is 0 Å². The molecule has 1 N–H and O–H groups in total. The average Bonchev–Trinajstić information content (AvgIpc) is 3.13. The summed E-state index contributed by atoms with van der Waals surface area (Å²) in [4.78, 5) is 24.8. The molecule has 1 saturated carbocycles. The molecule has 28 heavy (non-hydrogen) atoms. The van der Waals surface area contributed by atoms with Crippen molar-refractivity contribution in [2.24, 2.45) is 0 Å². The number of fused-ring (bicyclic) bond motifs is 1. The minimum absolute atomic E-state index is 0.0189. The van der Waals surface area contributed by atoms with Gasteiger partial charge in [-0.3, -0.25) is 4.79 Å². The van der Waals surface area contributed by atoms with Crippen LogP contribution >= 0.6 is 0 Å². The topological polar surface area (TPSA) is 106 Å². The van der Waals surface area contributed by atoms with Crippen LogP contribution in [-0.4, -0.2) is 37.6 Å². The highest BCUT2D eigenvalue weighted by Crippen LogP contribution is 2.24. The molecule has 1 amide bonds. The fourth-order valence-corrected chi connectivity index (χ4v) is 3.54. The monoisotopic (exact) mass is 376 g/mol. The van der Waals surface area contributed by atoms with Crippen molar-refractivity contribution in [3.8, 4) is 11.9 Å². The van der Waals surface area contributed by atoms with Gasteiger partial charge in [0.1, 0.15) is 18.7 Å². The molecular formula is C20H20N6O2. The van der Waals surface area contributed by atoms with Crippen LogP contribution < -0.4 is 10.1 Å². The van der Waals surface area contributed by atoms with Gasteiger partial charge in [0, 0.05) is 18.4 Å². The fraction of sp³-hybridized carbons (Fsp3) is 0.350. The highest BCUT2D eigenvalue weighted by atomic mass is 16.5. The number of carbonyl (C=O) groups excluding carboxylic acids is 1. The summed E-state index contributed by atoms with van der Waals surface area (Å²) in [6.07, 6.45) is 7.90. The zero-order valence-electron chi connectivity index (χ0n) is 15.3. The van der Waals surface area contributed by atoms with Gasteiger partial charge in [-0.15, -0.1) is 0 Å². The molecule has 0 saturated heterocycles. The number of aromatic nitrogens is 4. The number of nitrogens with zero attached hydrogens (tertiary/aromatic N) is 5. The first-order chi connectivity index (χ1) is 13.7. The van der Waals surface area contributed by atoms with Crippen molar-refractivity contribution in [3.63, 3.8) is 0 Å². The summed E-state index contributed by atoms with van der Waals surface area (Å²) in [6, 6.07) is 9.87. The van der Waals surface area contributed by atoms with E-state index in [9.17, 15) is 4.79 Å². The van der Waals surface area contributed by atoms with E-state index in [1.165, 1.54) is 12.4 Å². The lowest BCUT2D eigenvalue weighted by Crippen LogP contribution is -2.41. The first kappa shape index (κ1) is 17.9. The van der Waals surface area contributed by atoms with Crippen LogP contribution in [0.15, 0.2) is 43.0 Å². The molecule has 3 aromatic rings. The maximum absolute atomic E-state index is 12.4. The number of para-hydroxylation sites is 2. The average molecular weight is 376 g/mol. The van der Waals surface area contributed by atoms with E-state index in [1.54, 1.807) is 6.33 Å². The van der Waals surface area contributed by atoms with Gasteiger partial charge in [0.05, 0.1) is 17.4 Å². The van der Waals surface area contributed by atoms with Crippen molar-refractivity contribution in [1.29, 1.82) is 5.26 Å². The Hall–Kier alpha value is -3.47. The maximum Gasteiger partial charge on any atom is 0.251 e. The number of imidazole rings is 1. The van der Waals surface area contributed by atoms with Gasteiger partial charge in [0.2, 0.25) is 11.6 Å². The summed E-state index contributed by atoms with van der Waals surface area (Å²) in [5.74, 6) is 0.262.